The molecule has 1 aromatic heterocycles. The van der Waals surface area contributed by atoms with Crippen molar-refractivity contribution >= 4 is 48.6 Å². The molecule has 3 heterocycles. The Labute approximate surface area is 309 Å². The SMILES string of the molecule is C[C@@H](O[Si](C)(C)C(C)(C)C)[C@H]1C(=O)N2C(C(=O)OCc3ccc([N+](=O)[O-])cc3)=C(/C=C/COC(=O)Nc3ccc4c(C(F)(F)F)cc(=O)oc4c3)[C@H](C)[C@H]12. The average Bonchev–Trinajstić information content (AvgIpc) is 3.31. The van der Waals surface area contributed by atoms with Gasteiger partial charge in [-0.1, -0.05) is 33.8 Å². The van der Waals surface area contributed by atoms with E-state index in [9.17, 15) is 42.5 Å². The number of hydrogen-bond acceptors (Lipinski definition) is 10. The molecule has 0 unspecified atom stereocenters. The van der Waals surface area contributed by atoms with E-state index >= 15 is 0 Å². The minimum absolute atomic E-state index is 0.00657. The second-order valence-corrected chi connectivity index (χ2v) is 19.5. The molecule has 4 atom stereocenters. The fourth-order valence-electron chi connectivity index (χ4n) is 6.36. The molecule has 0 spiro atoms. The number of nitrogens with zero attached hydrogens (tertiary/aromatic N) is 2. The number of β-lactam (4-membered cyclic amide) rings is 1. The van der Waals surface area contributed by atoms with Crippen LogP contribution in [0.3, 0.4) is 0 Å². The highest BCUT2D eigenvalue weighted by Gasteiger charge is 2.60. The third-order valence-electron chi connectivity index (χ3n) is 10.1. The first-order valence-corrected chi connectivity index (χ1v) is 19.9. The van der Waals surface area contributed by atoms with Gasteiger partial charge in [-0.25, -0.2) is 14.4 Å². The predicted molar refractivity (Wildman–Crippen MR) is 193 cm³/mol. The molecule has 17 heteroatoms. The molecule has 2 amide bonds. The maximum absolute atomic E-state index is 13.7. The summed E-state index contributed by atoms with van der Waals surface area (Å²) < 4.78 is 62.5. The van der Waals surface area contributed by atoms with E-state index in [0.29, 0.717) is 17.2 Å². The maximum atomic E-state index is 13.7. The number of nitrogens with one attached hydrogen (secondary N) is 1. The Morgan fingerprint density at radius 1 is 1.07 bits per heavy atom. The molecule has 0 aliphatic carbocycles. The third kappa shape index (κ3) is 8.11. The monoisotopic (exact) mass is 771 g/mol. The van der Waals surface area contributed by atoms with Crippen LogP contribution in [-0.4, -0.2) is 54.9 Å². The van der Waals surface area contributed by atoms with Crippen LogP contribution in [0.5, 0.6) is 0 Å². The number of nitro groups is 1. The van der Waals surface area contributed by atoms with E-state index in [1.807, 2.05) is 13.8 Å². The summed E-state index contributed by atoms with van der Waals surface area (Å²) in [5.41, 5.74) is -1.91. The van der Waals surface area contributed by atoms with Gasteiger partial charge in [-0.15, -0.1) is 0 Å². The Balaban J connectivity index is 1.32. The Kier molecular flexibility index (Phi) is 11.0. The van der Waals surface area contributed by atoms with Gasteiger partial charge in [0.05, 0.1) is 28.6 Å². The highest BCUT2D eigenvalue weighted by Crippen LogP contribution is 2.49. The number of hydrogen-bond donors (Lipinski definition) is 1. The quantitative estimate of drug-likeness (QED) is 0.0509. The lowest BCUT2D eigenvalue weighted by molar-refractivity contribution is -0.384. The van der Waals surface area contributed by atoms with Crippen LogP contribution in [0.15, 0.2) is 81.2 Å². The number of anilines is 1. The summed E-state index contributed by atoms with van der Waals surface area (Å²) in [6.07, 6.45) is -3.19. The summed E-state index contributed by atoms with van der Waals surface area (Å²) in [5.74, 6) is -1.99. The standard InChI is InChI=1S/C37H40F3N3O10Si/c1-20-25(9-8-16-50-35(47)41-23-12-15-26-27(37(38,39)40)18-29(44)52-28(26)17-23)32(34(46)51-19-22-10-13-24(14-11-22)43(48)49)42-31(20)30(33(42)45)21(2)53-54(6,7)36(3,4)5/h8-15,17-18,20-21,30-31H,16,19H2,1-7H3,(H,41,47)/b9-8+/t20-,21+,30+,31+/m0/s1. The predicted octanol–water partition coefficient (Wildman–Crippen LogP) is 7.71. The van der Waals surface area contributed by atoms with E-state index in [0.717, 1.165) is 12.1 Å². The second-order valence-electron chi connectivity index (χ2n) is 14.7. The van der Waals surface area contributed by atoms with Crippen molar-refractivity contribution in [2.24, 2.45) is 11.8 Å². The molecular formula is C37H40F3N3O10Si. The fourth-order valence-corrected chi connectivity index (χ4v) is 7.79. The molecule has 2 aliphatic rings. The molecule has 0 bridgehead atoms. The molecule has 1 fully saturated rings. The van der Waals surface area contributed by atoms with E-state index in [4.69, 9.17) is 18.3 Å². The number of nitro benzene ring substituents is 1. The van der Waals surface area contributed by atoms with Crippen LogP contribution in [0.25, 0.3) is 11.0 Å². The van der Waals surface area contributed by atoms with Crippen molar-refractivity contribution in [2.75, 3.05) is 11.9 Å². The van der Waals surface area contributed by atoms with E-state index in [1.54, 1.807) is 6.08 Å². The van der Waals surface area contributed by atoms with E-state index < -0.39 is 60.7 Å². The van der Waals surface area contributed by atoms with Crippen molar-refractivity contribution in [3.8, 4) is 0 Å². The van der Waals surface area contributed by atoms with Crippen LogP contribution in [0, 0.1) is 22.0 Å². The lowest BCUT2D eigenvalue weighted by Crippen LogP contribution is -2.65. The molecule has 2 aliphatic heterocycles. The number of carbonyl (C=O) groups excluding carboxylic acids is 3. The largest absolute Gasteiger partial charge is 0.456 e. The molecular weight excluding hydrogens is 731 g/mol. The van der Waals surface area contributed by atoms with Crippen LogP contribution in [0.4, 0.5) is 29.3 Å². The van der Waals surface area contributed by atoms with Gasteiger partial charge in [0.15, 0.2) is 8.32 Å². The van der Waals surface area contributed by atoms with Crippen LogP contribution in [-0.2, 0) is 36.3 Å². The molecule has 0 saturated carbocycles. The van der Waals surface area contributed by atoms with Gasteiger partial charge in [-0.3, -0.25) is 20.2 Å². The molecule has 5 rings (SSSR count). The minimum Gasteiger partial charge on any atom is -0.456 e. The highest BCUT2D eigenvalue weighted by atomic mass is 28.4. The van der Waals surface area contributed by atoms with Crippen LogP contribution in [0.1, 0.15) is 45.7 Å². The summed E-state index contributed by atoms with van der Waals surface area (Å²) in [6, 6.07) is 8.74. The van der Waals surface area contributed by atoms with Crippen molar-refractivity contribution in [3.05, 3.63) is 104 Å². The molecule has 1 N–H and O–H groups in total. The number of fused-ring (bicyclic) bond motifs is 2. The highest BCUT2D eigenvalue weighted by molar-refractivity contribution is 6.74. The number of amides is 2. The van der Waals surface area contributed by atoms with Crippen molar-refractivity contribution in [3.63, 3.8) is 0 Å². The number of allylic oxidation sites excluding steroid dienone is 1. The summed E-state index contributed by atoms with van der Waals surface area (Å²) in [5, 5.41) is 12.9. The zero-order chi connectivity index (χ0) is 39.9. The van der Waals surface area contributed by atoms with Gasteiger partial charge < -0.3 is 23.2 Å². The number of esters is 1. The van der Waals surface area contributed by atoms with E-state index in [1.165, 1.54) is 41.3 Å². The zero-order valence-electron chi connectivity index (χ0n) is 30.6. The maximum Gasteiger partial charge on any atom is 0.417 e. The molecule has 288 valence electrons. The Morgan fingerprint density at radius 2 is 1.74 bits per heavy atom. The fraction of sp³-hybridized carbons (Fsp3) is 0.405. The first-order chi connectivity index (χ1) is 25.1. The van der Waals surface area contributed by atoms with Crippen molar-refractivity contribution in [1.29, 1.82) is 0 Å². The Morgan fingerprint density at radius 3 is 2.35 bits per heavy atom. The van der Waals surface area contributed by atoms with Crippen LogP contribution >= 0.6 is 0 Å². The van der Waals surface area contributed by atoms with Gasteiger partial charge >= 0.3 is 23.9 Å². The van der Waals surface area contributed by atoms with Gasteiger partial charge in [-0.2, -0.15) is 13.2 Å². The van der Waals surface area contributed by atoms with E-state index in [-0.39, 0.29) is 58.1 Å². The van der Waals surface area contributed by atoms with Crippen molar-refractivity contribution in [1.82, 2.24) is 4.90 Å². The average molecular weight is 772 g/mol. The lowest BCUT2D eigenvalue weighted by atomic mass is 9.77. The molecule has 0 radical (unpaired) electrons. The second kappa shape index (κ2) is 14.9. The Hall–Kier alpha value is -5.29. The van der Waals surface area contributed by atoms with Gasteiger partial charge in [-0.05, 0) is 66.5 Å². The van der Waals surface area contributed by atoms with E-state index in [2.05, 4.69) is 39.2 Å². The van der Waals surface area contributed by atoms with Gasteiger partial charge in [0.2, 0.25) is 5.91 Å². The normalized spacial score (nSPS) is 19.5. The third-order valence-corrected chi connectivity index (χ3v) is 14.7. The molecule has 2 aromatic carbocycles. The minimum atomic E-state index is -4.80. The molecule has 13 nitrogen and oxygen atoms in total. The molecule has 54 heavy (non-hydrogen) atoms. The van der Waals surface area contributed by atoms with Crippen LogP contribution < -0.4 is 10.9 Å². The number of alkyl halides is 3. The Bertz CT molecular complexity index is 2100. The number of benzene rings is 2. The summed E-state index contributed by atoms with van der Waals surface area (Å²) in [4.78, 5) is 63.6. The van der Waals surface area contributed by atoms with Gasteiger partial charge in [0, 0.05) is 41.3 Å². The van der Waals surface area contributed by atoms with Gasteiger partial charge in [0.25, 0.3) is 5.69 Å². The number of non-ortho nitro benzene ring substituents is 1. The smallest absolute Gasteiger partial charge is 0.417 e. The summed E-state index contributed by atoms with van der Waals surface area (Å²) in [7, 11) is -2.27. The molecule has 3 aromatic rings. The van der Waals surface area contributed by atoms with Crippen molar-refractivity contribution < 1.29 is 50.8 Å². The zero-order valence-corrected chi connectivity index (χ0v) is 31.6. The number of rotatable bonds is 11. The summed E-state index contributed by atoms with van der Waals surface area (Å²) in [6.45, 7) is 13.7. The first-order valence-electron chi connectivity index (χ1n) is 17.0. The number of halogens is 3. The number of carbonyl (C=O) groups is 3. The number of ether oxygens (including phenoxy) is 2. The van der Waals surface area contributed by atoms with Crippen LogP contribution in [0.2, 0.25) is 18.1 Å². The lowest BCUT2D eigenvalue weighted by Gasteiger charge is -2.50. The topological polar surface area (TPSA) is 168 Å². The van der Waals surface area contributed by atoms with Crippen molar-refractivity contribution in [2.45, 2.75) is 77.7 Å². The molecule has 1 saturated heterocycles. The van der Waals surface area contributed by atoms with Gasteiger partial charge in [0.1, 0.15) is 24.5 Å². The first kappa shape index (κ1) is 39.9. The summed E-state index contributed by atoms with van der Waals surface area (Å²) >= 11 is 0.